The average Bonchev–Trinajstić information content (AvgIpc) is 2.48. The molecule has 3 heteroatoms. The Kier molecular flexibility index (Phi) is 3.25. The highest BCUT2D eigenvalue weighted by Gasteiger charge is 2.02. The van der Waals surface area contributed by atoms with Crippen LogP contribution in [0.15, 0.2) is 65.9 Å². The maximum Gasteiger partial charge on any atom is 0.0709 e. The lowest BCUT2D eigenvalue weighted by molar-refractivity contribution is 1.32. The van der Waals surface area contributed by atoms with Crippen molar-refractivity contribution in [3.8, 4) is 0 Å². The second-order valence-electron chi connectivity index (χ2n) is 4.16. The molecule has 19 heavy (non-hydrogen) atoms. The van der Waals surface area contributed by atoms with Gasteiger partial charge in [0.05, 0.1) is 5.69 Å². The maximum atomic E-state index is 6.18. The van der Waals surface area contributed by atoms with Crippen LogP contribution in [0.1, 0.15) is 5.56 Å². The zero-order valence-electron chi connectivity index (χ0n) is 10.1. The number of benzene rings is 2. The van der Waals surface area contributed by atoms with Crippen molar-refractivity contribution in [2.45, 2.75) is 0 Å². The highest BCUT2D eigenvalue weighted by atomic mass is 35.5. The van der Waals surface area contributed by atoms with E-state index in [9.17, 15) is 0 Å². The lowest BCUT2D eigenvalue weighted by Crippen LogP contribution is -1.81. The van der Waals surface area contributed by atoms with Gasteiger partial charge in [-0.1, -0.05) is 41.9 Å². The number of halogens is 1. The van der Waals surface area contributed by atoms with E-state index in [1.165, 1.54) is 0 Å². The summed E-state index contributed by atoms with van der Waals surface area (Å²) in [7, 11) is 0. The molecular weight excluding hydrogens is 256 g/mol. The van der Waals surface area contributed by atoms with Gasteiger partial charge >= 0.3 is 0 Å². The zero-order chi connectivity index (χ0) is 13.1. The van der Waals surface area contributed by atoms with Crippen molar-refractivity contribution in [1.29, 1.82) is 0 Å². The van der Waals surface area contributed by atoms with Crippen molar-refractivity contribution in [2.24, 2.45) is 4.99 Å². The van der Waals surface area contributed by atoms with E-state index in [-0.39, 0.29) is 0 Å². The molecular formula is C16H11ClN2. The van der Waals surface area contributed by atoms with Gasteiger partial charge in [0.1, 0.15) is 0 Å². The Labute approximate surface area is 116 Å². The predicted octanol–water partition coefficient (Wildman–Crippen LogP) is 4.64. The Hall–Kier alpha value is -2.19. The summed E-state index contributed by atoms with van der Waals surface area (Å²) >= 11 is 6.18. The van der Waals surface area contributed by atoms with Gasteiger partial charge in [0.2, 0.25) is 0 Å². The summed E-state index contributed by atoms with van der Waals surface area (Å²) in [6.07, 6.45) is 5.33. The second-order valence-corrected chi connectivity index (χ2v) is 4.56. The molecule has 0 amide bonds. The van der Waals surface area contributed by atoms with Gasteiger partial charge in [0.15, 0.2) is 0 Å². The minimum Gasteiger partial charge on any atom is -0.264 e. The van der Waals surface area contributed by atoms with Crippen LogP contribution in [0, 0.1) is 0 Å². The van der Waals surface area contributed by atoms with Crippen LogP contribution < -0.4 is 0 Å². The molecule has 3 rings (SSSR count). The number of aromatic nitrogens is 1. The van der Waals surface area contributed by atoms with Crippen LogP contribution in [0.2, 0.25) is 5.02 Å². The molecule has 0 N–H and O–H groups in total. The van der Waals surface area contributed by atoms with Gasteiger partial charge in [0.25, 0.3) is 0 Å². The molecule has 2 nitrogen and oxygen atoms in total. The monoisotopic (exact) mass is 266 g/mol. The number of aliphatic imine (C=N–C) groups is 1. The molecule has 0 fully saturated rings. The van der Waals surface area contributed by atoms with Crippen molar-refractivity contribution in [1.82, 2.24) is 4.98 Å². The van der Waals surface area contributed by atoms with Crippen LogP contribution in [-0.2, 0) is 0 Å². The van der Waals surface area contributed by atoms with Crippen molar-refractivity contribution in [3.05, 3.63) is 71.5 Å². The standard InChI is InChI=1S/C16H11ClN2/c17-15-7-8-16(14-6-2-1-5-13(14)15)19-11-12-4-3-9-18-10-12/h1-11H. The second kappa shape index (κ2) is 5.21. The molecule has 1 heterocycles. The van der Waals surface area contributed by atoms with Crippen LogP contribution in [0.5, 0.6) is 0 Å². The molecule has 1 aromatic heterocycles. The number of hydrogen-bond donors (Lipinski definition) is 0. The van der Waals surface area contributed by atoms with Gasteiger partial charge in [-0.3, -0.25) is 9.98 Å². The summed E-state index contributed by atoms with van der Waals surface area (Å²) in [5.41, 5.74) is 1.88. The summed E-state index contributed by atoms with van der Waals surface area (Å²) < 4.78 is 0. The van der Waals surface area contributed by atoms with Gasteiger partial charge in [-0.25, -0.2) is 0 Å². The van der Waals surface area contributed by atoms with Crippen LogP contribution >= 0.6 is 11.6 Å². The number of rotatable bonds is 2. The molecule has 0 bridgehead atoms. The number of nitrogens with zero attached hydrogens (tertiary/aromatic N) is 2. The van der Waals surface area contributed by atoms with Crippen molar-refractivity contribution >= 4 is 34.3 Å². The van der Waals surface area contributed by atoms with E-state index in [2.05, 4.69) is 9.98 Å². The van der Waals surface area contributed by atoms with Crippen molar-refractivity contribution in [3.63, 3.8) is 0 Å². The van der Waals surface area contributed by atoms with Crippen molar-refractivity contribution in [2.75, 3.05) is 0 Å². The Bertz CT molecular complexity index is 736. The van der Waals surface area contributed by atoms with E-state index in [1.54, 1.807) is 12.4 Å². The number of hydrogen-bond acceptors (Lipinski definition) is 2. The normalized spacial score (nSPS) is 11.2. The first kappa shape index (κ1) is 11.9. The lowest BCUT2D eigenvalue weighted by Gasteiger charge is -2.03. The summed E-state index contributed by atoms with van der Waals surface area (Å²) in [5.74, 6) is 0. The van der Waals surface area contributed by atoms with E-state index in [4.69, 9.17) is 11.6 Å². The lowest BCUT2D eigenvalue weighted by atomic mass is 10.1. The van der Waals surface area contributed by atoms with Gasteiger partial charge in [-0.05, 0) is 18.2 Å². The van der Waals surface area contributed by atoms with E-state index in [1.807, 2.05) is 54.7 Å². The fourth-order valence-electron chi connectivity index (χ4n) is 1.96. The molecule has 0 atom stereocenters. The molecule has 0 saturated carbocycles. The van der Waals surface area contributed by atoms with E-state index in [0.717, 1.165) is 27.0 Å². The Morgan fingerprint density at radius 1 is 0.947 bits per heavy atom. The first-order chi connectivity index (χ1) is 9.34. The molecule has 2 aromatic carbocycles. The number of pyridine rings is 1. The smallest absolute Gasteiger partial charge is 0.0709 e. The third-order valence-corrected chi connectivity index (χ3v) is 3.21. The molecule has 0 radical (unpaired) electrons. The van der Waals surface area contributed by atoms with E-state index < -0.39 is 0 Å². The van der Waals surface area contributed by atoms with Crippen LogP contribution in [-0.4, -0.2) is 11.2 Å². The quantitative estimate of drug-likeness (QED) is 0.621. The van der Waals surface area contributed by atoms with Crippen molar-refractivity contribution < 1.29 is 0 Å². The Morgan fingerprint density at radius 3 is 2.58 bits per heavy atom. The first-order valence-corrected chi connectivity index (χ1v) is 6.34. The molecule has 0 spiro atoms. The van der Waals surface area contributed by atoms with Gasteiger partial charge in [-0.2, -0.15) is 0 Å². The zero-order valence-corrected chi connectivity index (χ0v) is 10.9. The molecule has 0 aliphatic heterocycles. The Balaban J connectivity index is 2.07. The third kappa shape index (κ3) is 2.49. The Morgan fingerprint density at radius 2 is 1.79 bits per heavy atom. The van der Waals surface area contributed by atoms with E-state index in [0.29, 0.717) is 0 Å². The minimum absolute atomic E-state index is 0.746. The van der Waals surface area contributed by atoms with Gasteiger partial charge in [0, 0.05) is 40.0 Å². The summed E-state index contributed by atoms with van der Waals surface area (Å²) in [4.78, 5) is 8.58. The fraction of sp³-hybridized carbons (Fsp3) is 0. The van der Waals surface area contributed by atoms with Gasteiger partial charge in [-0.15, -0.1) is 0 Å². The molecule has 0 aliphatic rings. The van der Waals surface area contributed by atoms with Gasteiger partial charge < -0.3 is 0 Å². The topological polar surface area (TPSA) is 25.2 Å². The summed E-state index contributed by atoms with van der Waals surface area (Å²) in [5, 5.41) is 2.82. The number of fused-ring (bicyclic) bond motifs is 1. The fourth-order valence-corrected chi connectivity index (χ4v) is 2.18. The van der Waals surface area contributed by atoms with Crippen LogP contribution in [0.25, 0.3) is 10.8 Å². The largest absolute Gasteiger partial charge is 0.264 e. The molecule has 0 saturated heterocycles. The molecule has 3 aromatic rings. The average molecular weight is 267 g/mol. The molecule has 92 valence electrons. The van der Waals surface area contributed by atoms with Crippen LogP contribution in [0.4, 0.5) is 5.69 Å². The highest BCUT2D eigenvalue weighted by molar-refractivity contribution is 6.36. The van der Waals surface area contributed by atoms with Crippen LogP contribution in [0.3, 0.4) is 0 Å². The van der Waals surface area contributed by atoms with E-state index >= 15 is 0 Å². The highest BCUT2D eigenvalue weighted by Crippen LogP contribution is 2.31. The molecule has 0 unspecified atom stereocenters. The summed E-state index contributed by atoms with van der Waals surface area (Å²) in [6.45, 7) is 0. The third-order valence-electron chi connectivity index (χ3n) is 2.88. The molecule has 0 aliphatic carbocycles. The maximum absolute atomic E-state index is 6.18. The predicted molar refractivity (Wildman–Crippen MR) is 80.4 cm³/mol. The minimum atomic E-state index is 0.746. The summed E-state index contributed by atoms with van der Waals surface area (Å²) in [6, 6.07) is 15.6. The SMILES string of the molecule is Clc1ccc(N=Cc2cccnc2)c2ccccc12. The first-order valence-electron chi connectivity index (χ1n) is 5.96.